The lowest BCUT2D eigenvalue weighted by Gasteiger charge is -2.29. The maximum atomic E-state index is 5.94. The quantitative estimate of drug-likeness (QED) is 0.763. The van der Waals surface area contributed by atoms with Crippen LogP contribution in [0, 0.1) is 0 Å². The smallest absolute Gasteiger partial charge is 0.0456 e. The normalized spacial score (nSPS) is 10.3. The Bertz CT molecular complexity index is 418. The van der Waals surface area contributed by atoms with Crippen LogP contribution in [-0.4, -0.2) is 32.1 Å². The largest absolute Gasteiger partial charge is 0.399 e. The second-order valence-corrected chi connectivity index (χ2v) is 5.10. The van der Waals surface area contributed by atoms with Crippen molar-refractivity contribution in [1.82, 2.24) is 4.90 Å². The average molecular weight is 261 g/mol. The van der Waals surface area contributed by atoms with Crippen molar-refractivity contribution in [3.05, 3.63) is 30.3 Å². The van der Waals surface area contributed by atoms with E-state index >= 15 is 0 Å². The van der Waals surface area contributed by atoms with Crippen molar-refractivity contribution >= 4 is 17.1 Å². The first kappa shape index (κ1) is 15.4. The first-order valence-electron chi connectivity index (χ1n) is 7.02. The standard InChI is InChI=1S/C16H27N3/c1-6-10-19(11-7-2)13(3)15-12-14(17)8-9-16(15)18(4)5/h8-9,12H,3,6-7,10-11,17H2,1-2,4-5H3. The predicted molar refractivity (Wildman–Crippen MR) is 86.4 cm³/mol. The summed E-state index contributed by atoms with van der Waals surface area (Å²) in [4.78, 5) is 4.46. The number of nitrogens with zero attached hydrogens (tertiary/aromatic N) is 2. The molecule has 0 unspecified atom stereocenters. The van der Waals surface area contributed by atoms with E-state index < -0.39 is 0 Å². The fraction of sp³-hybridized carbons (Fsp3) is 0.500. The molecule has 0 heterocycles. The highest BCUT2D eigenvalue weighted by Crippen LogP contribution is 2.29. The van der Waals surface area contributed by atoms with Gasteiger partial charge in [0.2, 0.25) is 0 Å². The Balaban J connectivity index is 3.11. The first-order chi connectivity index (χ1) is 9.01. The summed E-state index contributed by atoms with van der Waals surface area (Å²) in [6.07, 6.45) is 2.25. The summed E-state index contributed by atoms with van der Waals surface area (Å²) in [6.45, 7) is 10.8. The molecule has 0 fully saturated rings. The van der Waals surface area contributed by atoms with E-state index in [0.29, 0.717) is 0 Å². The Hall–Kier alpha value is -1.64. The van der Waals surface area contributed by atoms with Crippen LogP contribution in [-0.2, 0) is 0 Å². The fourth-order valence-corrected chi connectivity index (χ4v) is 2.27. The molecule has 0 aliphatic heterocycles. The molecule has 0 atom stereocenters. The molecule has 0 bridgehead atoms. The van der Waals surface area contributed by atoms with Gasteiger partial charge in [-0.2, -0.15) is 0 Å². The number of nitrogen functional groups attached to an aromatic ring is 1. The highest BCUT2D eigenvalue weighted by Gasteiger charge is 2.13. The highest BCUT2D eigenvalue weighted by molar-refractivity contribution is 5.77. The fourth-order valence-electron chi connectivity index (χ4n) is 2.27. The molecular weight excluding hydrogens is 234 g/mol. The van der Waals surface area contributed by atoms with Gasteiger partial charge >= 0.3 is 0 Å². The van der Waals surface area contributed by atoms with Crippen molar-refractivity contribution < 1.29 is 0 Å². The molecule has 0 saturated heterocycles. The molecular formula is C16H27N3. The number of hydrogen-bond donors (Lipinski definition) is 1. The molecule has 3 nitrogen and oxygen atoms in total. The zero-order valence-electron chi connectivity index (χ0n) is 12.7. The van der Waals surface area contributed by atoms with E-state index in [1.54, 1.807) is 0 Å². The number of benzene rings is 1. The maximum absolute atomic E-state index is 5.94. The van der Waals surface area contributed by atoms with Gasteiger partial charge in [-0.15, -0.1) is 0 Å². The number of anilines is 2. The lowest BCUT2D eigenvalue weighted by molar-refractivity contribution is 0.397. The van der Waals surface area contributed by atoms with Crippen molar-refractivity contribution in [1.29, 1.82) is 0 Å². The minimum absolute atomic E-state index is 0.787. The Morgan fingerprint density at radius 3 is 2.21 bits per heavy atom. The summed E-state index contributed by atoms with van der Waals surface area (Å²) < 4.78 is 0. The number of hydrogen-bond acceptors (Lipinski definition) is 3. The molecule has 1 rings (SSSR count). The molecule has 0 radical (unpaired) electrons. The van der Waals surface area contributed by atoms with Gasteiger partial charge in [0.15, 0.2) is 0 Å². The molecule has 0 saturated carbocycles. The van der Waals surface area contributed by atoms with Gasteiger partial charge in [-0.3, -0.25) is 0 Å². The van der Waals surface area contributed by atoms with Gasteiger partial charge in [0.1, 0.15) is 0 Å². The second-order valence-electron chi connectivity index (χ2n) is 5.10. The third-order valence-electron chi connectivity index (χ3n) is 3.18. The Morgan fingerprint density at radius 1 is 1.16 bits per heavy atom. The van der Waals surface area contributed by atoms with Gasteiger partial charge in [-0.1, -0.05) is 20.4 Å². The highest BCUT2D eigenvalue weighted by atomic mass is 15.1. The molecule has 1 aromatic rings. The molecule has 0 aliphatic rings. The van der Waals surface area contributed by atoms with Crippen LogP contribution in [0.15, 0.2) is 24.8 Å². The molecule has 0 aliphatic carbocycles. The third-order valence-corrected chi connectivity index (χ3v) is 3.18. The van der Waals surface area contributed by atoms with E-state index in [0.717, 1.165) is 48.6 Å². The van der Waals surface area contributed by atoms with E-state index in [1.165, 1.54) is 0 Å². The van der Waals surface area contributed by atoms with Gasteiger partial charge in [-0.05, 0) is 31.0 Å². The van der Waals surface area contributed by atoms with Crippen LogP contribution >= 0.6 is 0 Å². The summed E-state index contributed by atoms with van der Waals surface area (Å²) in [6, 6.07) is 6.03. The van der Waals surface area contributed by atoms with Crippen molar-refractivity contribution in [2.75, 3.05) is 37.8 Å². The summed E-state index contributed by atoms with van der Waals surface area (Å²) in [7, 11) is 4.10. The van der Waals surface area contributed by atoms with Crippen LogP contribution in [0.3, 0.4) is 0 Å². The summed E-state index contributed by atoms with van der Waals surface area (Å²) in [5.41, 5.74) is 10.1. The van der Waals surface area contributed by atoms with Crippen LogP contribution < -0.4 is 10.6 Å². The molecule has 0 amide bonds. The Morgan fingerprint density at radius 2 is 1.74 bits per heavy atom. The van der Waals surface area contributed by atoms with E-state index in [9.17, 15) is 0 Å². The lowest BCUT2D eigenvalue weighted by Crippen LogP contribution is -2.24. The topological polar surface area (TPSA) is 32.5 Å². The monoisotopic (exact) mass is 261 g/mol. The van der Waals surface area contributed by atoms with Crippen LogP contribution in [0.4, 0.5) is 11.4 Å². The van der Waals surface area contributed by atoms with Crippen molar-refractivity contribution in [2.24, 2.45) is 0 Å². The molecule has 3 heteroatoms. The number of rotatable bonds is 7. The Labute approximate surface area is 117 Å². The molecule has 1 aromatic carbocycles. The zero-order valence-corrected chi connectivity index (χ0v) is 12.7. The van der Waals surface area contributed by atoms with Crippen LogP contribution in [0.2, 0.25) is 0 Å². The molecule has 0 spiro atoms. The first-order valence-corrected chi connectivity index (χ1v) is 7.02. The SMILES string of the molecule is C=C(c1cc(N)ccc1N(C)C)N(CCC)CCC. The van der Waals surface area contributed by atoms with Crippen molar-refractivity contribution in [3.8, 4) is 0 Å². The predicted octanol–water partition coefficient (Wildman–Crippen LogP) is 3.43. The van der Waals surface area contributed by atoms with Gasteiger partial charge in [0.05, 0.1) is 0 Å². The van der Waals surface area contributed by atoms with Crippen molar-refractivity contribution in [3.63, 3.8) is 0 Å². The summed E-state index contributed by atoms with van der Waals surface area (Å²) in [5.74, 6) is 0. The zero-order chi connectivity index (χ0) is 14.4. The Kier molecular flexibility index (Phi) is 5.74. The van der Waals surface area contributed by atoms with Gasteiger partial charge < -0.3 is 15.5 Å². The second kappa shape index (κ2) is 7.07. The van der Waals surface area contributed by atoms with Crippen LogP contribution in [0.5, 0.6) is 0 Å². The van der Waals surface area contributed by atoms with Crippen LogP contribution in [0.25, 0.3) is 5.70 Å². The molecule has 106 valence electrons. The molecule has 0 aromatic heterocycles. The maximum Gasteiger partial charge on any atom is 0.0456 e. The molecule has 19 heavy (non-hydrogen) atoms. The van der Waals surface area contributed by atoms with E-state index in [2.05, 4.69) is 36.3 Å². The summed E-state index contributed by atoms with van der Waals surface area (Å²) in [5, 5.41) is 0. The summed E-state index contributed by atoms with van der Waals surface area (Å²) >= 11 is 0. The van der Waals surface area contributed by atoms with E-state index in [1.807, 2.05) is 26.2 Å². The van der Waals surface area contributed by atoms with E-state index in [4.69, 9.17) is 5.73 Å². The van der Waals surface area contributed by atoms with E-state index in [-0.39, 0.29) is 0 Å². The minimum Gasteiger partial charge on any atom is -0.399 e. The number of nitrogens with two attached hydrogens (primary N) is 1. The lowest BCUT2D eigenvalue weighted by atomic mass is 10.1. The van der Waals surface area contributed by atoms with Crippen molar-refractivity contribution in [2.45, 2.75) is 26.7 Å². The molecule has 2 N–H and O–H groups in total. The van der Waals surface area contributed by atoms with Gasteiger partial charge in [0.25, 0.3) is 0 Å². The van der Waals surface area contributed by atoms with Gasteiger partial charge in [0, 0.05) is 49.8 Å². The minimum atomic E-state index is 0.787. The van der Waals surface area contributed by atoms with Crippen LogP contribution in [0.1, 0.15) is 32.3 Å². The third kappa shape index (κ3) is 3.91. The van der Waals surface area contributed by atoms with Gasteiger partial charge in [-0.25, -0.2) is 0 Å². The average Bonchev–Trinajstić information content (AvgIpc) is 2.37.